The van der Waals surface area contributed by atoms with Gasteiger partial charge in [0.15, 0.2) is 0 Å². The van der Waals surface area contributed by atoms with Crippen LogP contribution < -0.4 is 14.8 Å². The number of hydrogen-bond donors (Lipinski definition) is 1. The molecule has 2 rings (SSSR count). The molecule has 0 aliphatic heterocycles. The summed E-state index contributed by atoms with van der Waals surface area (Å²) < 4.78 is 10.7. The second-order valence-electron chi connectivity index (χ2n) is 4.29. The van der Waals surface area contributed by atoms with Gasteiger partial charge < -0.3 is 14.8 Å². The number of methoxy groups -OCH3 is 1. The van der Waals surface area contributed by atoms with Crippen molar-refractivity contribution < 1.29 is 9.47 Å². The lowest BCUT2D eigenvalue weighted by Crippen LogP contribution is -2.05. The number of aromatic nitrogens is 2. The average molecular weight is 273 g/mol. The van der Waals surface area contributed by atoms with Crippen molar-refractivity contribution in [2.45, 2.75) is 20.4 Å². The lowest BCUT2D eigenvalue weighted by molar-refractivity contribution is 0.340. The van der Waals surface area contributed by atoms with Gasteiger partial charge in [-0.05, 0) is 31.5 Å². The van der Waals surface area contributed by atoms with E-state index in [1.807, 2.05) is 38.1 Å². The molecule has 0 spiro atoms. The van der Waals surface area contributed by atoms with E-state index >= 15 is 0 Å². The van der Waals surface area contributed by atoms with Crippen LogP contribution >= 0.6 is 0 Å². The molecular formula is C15H19N3O2. The van der Waals surface area contributed by atoms with Crippen LogP contribution in [0.4, 0.5) is 5.82 Å². The zero-order valence-corrected chi connectivity index (χ0v) is 12.0. The quantitative estimate of drug-likeness (QED) is 0.877. The fourth-order valence-electron chi connectivity index (χ4n) is 1.92. The minimum absolute atomic E-state index is 0.588. The molecule has 0 aliphatic rings. The number of rotatable bonds is 6. The standard InChI is InChI=1S/C15H19N3O2/c1-4-20-13-7-5-6-12(8-13)9-16-14-11(2)15(19-3)18-10-17-14/h5-8,10H,4,9H2,1-3H3,(H,16,17,18). The van der Waals surface area contributed by atoms with Crippen molar-refractivity contribution in [1.82, 2.24) is 9.97 Å². The SMILES string of the molecule is CCOc1cccc(CNc2ncnc(OC)c2C)c1. The monoisotopic (exact) mass is 273 g/mol. The molecule has 0 unspecified atom stereocenters. The fraction of sp³-hybridized carbons (Fsp3) is 0.333. The molecule has 0 radical (unpaired) electrons. The van der Waals surface area contributed by atoms with Crippen molar-refractivity contribution in [2.24, 2.45) is 0 Å². The van der Waals surface area contributed by atoms with Gasteiger partial charge in [-0.2, -0.15) is 0 Å². The average Bonchev–Trinajstić information content (AvgIpc) is 2.47. The number of hydrogen-bond acceptors (Lipinski definition) is 5. The molecule has 5 nitrogen and oxygen atoms in total. The Morgan fingerprint density at radius 3 is 2.85 bits per heavy atom. The summed E-state index contributed by atoms with van der Waals surface area (Å²) in [7, 11) is 1.60. The van der Waals surface area contributed by atoms with E-state index in [0.29, 0.717) is 19.0 Å². The van der Waals surface area contributed by atoms with Gasteiger partial charge >= 0.3 is 0 Å². The highest BCUT2D eigenvalue weighted by atomic mass is 16.5. The van der Waals surface area contributed by atoms with E-state index in [2.05, 4.69) is 15.3 Å². The summed E-state index contributed by atoms with van der Waals surface area (Å²) in [6.45, 7) is 5.24. The van der Waals surface area contributed by atoms with Gasteiger partial charge in [0.2, 0.25) is 5.88 Å². The van der Waals surface area contributed by atoms with Crippen LogP contribution in [0.1, 0.15) is 18.1 Å². The summed E-state index contributed by atoms with van der Waals surface area (Å²) >= 11 is 0. The molecule has 1 aromatic heterocycles. The van der Waals surface area contributed by atoms with Gasteiger partial charge in [-0.25, -0.2) is 9.97 Å². The lowest BCUT2D eigenvalue weighted by atomic mass is 10.2. The molecule has 0 fully saturated rings. The zero-order valence-electron chi connectivity index (χ0n) is 12.0. The first-order chi connectivity index (χ1) is 9.74. The summed E-state index contributed by atoms with van der Waals surface area (Å²) in [6.07, 6.45) is 1.49. The molecule has 1 aromatic carbocycles. The number of anilines is 1. The van der Waals surface area contributed by atoms with E-state index < -0.39 is 0 Å². The molecule has 0 atom stereocenters. The van der Waals surface area contributed by atoms with Gasteiger partial charge in [0.1, 0.15) is 17.9 Å². The third kappa shape index (κ3) is 3.38. The lowest BCUT2D eigenvalue weighted by Gasteiger charge is -2.11. The predicted octanol–water partition coefficient (Wildman–Crippen LogP) is 2.80. The highest BCUT2D eigenvalue weighted by Gasteiger charge is 2.06. The van der Waals surface area contributed by atoms with E-state index in [-0.39, 0.29) is 0 Å². The minimum atomic E-state index is 0.588. The number of ether oxygens (including phenoxy) is 2. The Balaban J connectivity index is 2.07. The van der Waals surface area contributed by atoms with Crippen molar-refractivity contribution in [3.05, 3.63) is 41.7 Å². The maximum absolute atomic E-state index is 5.49. The minimum Gasteiger partial charge on any atom is -0.494 e. The smallest absolute Gasteiger partial charge is 0.221 e. The Morgan fingerprint density at radius 2 is 2.10 bits per heavy atom. The molecule has 5 heteroatoms. The van der Waals surface area contributed by atoms with Gasteiger partial charge in [-0.1, -0.05) is 12.1 Å². The van der Waals surface area contributed by atoms with E-state index in [1.165, 1.54) is 6.33 Å². The molecule has 0 saturated heterocycles. The van der Waals surface area contributed by atoms with Crippen LogP contribution in [0, 0.1) is 6.92 Å². The third-order valence-electron chi connectivity index (χ3n) is 2.90. The van der Waals surface area contributed by atoms with Crippen LogP contribution in [0.5, 0.6) is 11.6 Å². The van der Waals surface area contributed by atoms with Crippen molar-refractivity contribution in [3.63, 3.8) is 0 Å². The molecule has 0 saturated carbocycles. The van der Waals surface area contributed by atoms with Crippen molar-refractivity contribution >= 4 is 5.82 Å². The molecule has 1 N–H and O–H groups in total. The molecule has 0 bridgehead atoms. The molecule has 1 heterocycles. The Kier molecular flexibility index (Phi) is 4.76. The summed E-state index contributed by atoms with van der Waals surface area (Å²) in [5, 5.41) is 3.29. The second-order valence-corrected chi connectivity index (χ2v) is 4.29. The topological polar surface area (TPSA) is 56.3 Å². The first kappa shape index (κ1) is 14.1. The Morgan fingerprint density at radius 1 is 1.25 bits per heavy atom. The Labute approximate surface area is 119 Å². The Hall–Kier alpha value is -2.30. The molecule has 0 aliphatic carbocycles. The number of benzene rings is 1. The van der Waals surface area contributed by atoms with Crippen LogP contribution in [0.3, 0.4) is 0 Å². The van der Waals surface area contributed by atoms with Crippen LogP contribution in [0.25, 0.3) is 0 Å². The zero-order chi connectivity index (χ0) is 14.4. The van der Waals surface area contributed by atoms with Gasteiger partial charge in [-0.3, -0.25) is 0 Å². The molecule has 0 amide bonds. The van der Waals surface area contributed by atoms with Crippen LogP contribution in [0.15, 0.2) is 30.6 Å². The van der Waals surface area contributed by atoms with Crippen molar-refractivity contribution in [3.8, 4) is 11.6 Å². The normalized spacial score (nSPS) is 10.2. The Bertz CT molecular complexity index is 573. The second kappa shape index (κ2) is 6.75. The fourth-order valence-corrected chi connectivity index (χ4v) is 1.92. The highest BCUT2D eigenvalue weighted by Crippen LogP contribution is 2.21. The maximum Gasteiger partial charge on any atom is 0.221 e. The largest absolute Gasteiger partial charge is 0.494 e. The molecular weight excluding hydrogens is 254 g/mol. The first-order valence-corrected chi connectivity index (χ1v) is 6.55. The van der Waals surface area contributed by atoms with Crippen LogP contribution in [0.2, 0.25) is 0 Å². The van der Waals surface area contributed by atoms with Gasteiger partial charge in [0.05, 0.1) is 19.3 Å². The van der Waals surface area contributed by atoms with Crippen LogP contribution in [-0.4, -0.2) is 23.7 Å². The maximum atomic E-state index is 5.49. The molecule has 20 heavy (non-hydrogen) atoms. The molecule has 106 valence electrons. The van der Waals surface area contributed by atoms with Crippen molar-refractivity contribution in [1.29, 1.82) is 0 Å². The summed E-state index contributed by atoms with van der Waals surface area (Å²) in [6, 6.07) is 7.99. The predicted molar refractivity (Wildman–Crippen MR) is 78.3 cm³/mol. The van der Waals surface area contributed by atoms with Gasteiger partial charge in [-0.15, -0.1) is 0 Å². The van der Waals surface area contributed by atoms with E-state index in [1.54, 1.807) is 7.11 Å². The van der Waals surface area contributed by atoms with E-state index in [0.717, 1.165) is 22.7 Å². The van der Waals surface area contributed by atoms with Gasteiger partial charge in [0.25, 0.3) is 0 Å². The van der Waals surface area contributed by atoms with E-state index in [4.69, 9.17) is 9.47 Å². The van der Waals surface area contributed by atoms with Crippen LogP contribution in [-0.2, 0) is 6.54 Å². The first-order valence-electron chi connectivity index (χ1n) is 6.55. The summed E-state index contributed by atoms with van der Waals surface area (Å²) in [5.41, 5.74) is 2.03. The summed E-state index contributed by atoms with van der Waals surface area (Å²) in [4.78, 5) is 8.28. The summed E-state index contributed by atoms with van der Waals surface area (Å²) in [5.74, 6) is 2.24. The third-order valence-corrected chi connectivity index (χ3v) is 2.90. The highest BCUT2D eigenvalue weighted by molar-refractivity contribution is 5.48. The number of nitrogens with one attached hydrogen (secondary N) is 1. The van der Waals surface area contributed by atoms with Crippen molar-refractivity contribution in [2.75, 3.05) is 19.0 Å². The number of nitrogens with zero attached hydrogens (tertiary/aromatic N) is 2. The van der Waals surface area contributed by atoms with Gasteiger partial charge in [0, 0.05) is 6.54 Å². The molecule has 2 aromatic rings. The van der Waals surface area contributed by atoms with E-state index in [9.17, 15) is 0 Å².